The highest BCUT2D eigenvalue weighted by atomic mass is 16.7. The largest absolute Gasteiger partial charge is 0.486 e. The van der Waals surface area contributed by atoms with Crippen molar-refractivity contribution in [1.82, 2.24) is 9.80 Å². The summed E-state index contributed by atoms with van der Waals surface area (Å²) in [6.45, 7) is 4.89. The number of carbonyl (C=O) groups is 2. The second-order valence-corrected chi connectivity index (χ2v) is 9.21. The number of urea groups is 1. The van der Waals surface area contributed by atoms with Crippen molar-refractivity contribution in [3.05, 3.63) is 42.0 Å². The van der Waals surface area contributed by atoms with Crippen LogP contribution in [0.25, 0.3) is 0 Å². The highest BCUT2D eigenvalue weighted by Gasteiger charge is 2.34. The zero-order valence-electron chi connectivity index (χ0n) is 20.4. The maximum atomic E-state index is 13.5. The first-order chi connectivity index (χ1) is 16.8. The van der Waals surface area contributed by atoms with Gasteiger partial charge in [0.2, 0.25) is 6.79 Å². The molecular formula is C25H32N4O6. The molecule has 3 amide bonds. The Morgan fingerprint density at radius 1 is 1.20 bits per heavy atom. The van der Waals surface area contributed by atoms with Crippen LogP contribution >= 0.6 is 0 Å². The van der Waals surface area contributed by atoms with Crippen LogP contribution in [0.1, 0.15) is 24.2 Å². The number of amides is 3. The monoisotopic (exact) mass is 484 g/mol. The quantitative estimate of drug-likeness (QED) is 0.578. The van der Waals surface area contributed by atoms with Gasteiger partial charge < -0.3 is 39.8 Å². The Balaban J connectivity index is 1.63. The van der Waals surface area contributed by atoms with Gasteiger partial charge >= 0.3 is 6.03 Å². The molecule has 10 nitrogen and oxygen atoms in total. The molecule has 0 aliphatic carbocycles. The fraction of sp³-hybridized carbons (Fsp3) is 0.440. The summed E-state index contributed by atoms with van der Waals surface area (Å²) < 4.78 is 17.1. The molecule has 3 N–H and O–H groups in total. The van der Waals surface area contributed by atoms with Crippen LogP contribution in [0.5, 0.6) is 17.2 Å². The van der Waals surface area contributed by atoms with Crippen LogP contribution in [0, 0.1) is 5.92 Å². The lowest BCUT2D eigenvalue weighted by Gasteiger charge is -2.38. The molecule has 4 rings (SSSR count). The van der Waals surface area contributed by atoms with Crippen LogP contribution in [0.3, 0.4) is 0 Å². The van der Waals surface area contributed by atoms with E-state index in [0.29, 0.717) is 47.3 Å². The molecule has 0 fully saturated rings. The summed E-state index contributed by atoms with van der Waals surface area (Å²) in [6.07, 6.45) is -0.245. The van der Waals surface area contributed by atoms with Crippen molar-refractivity contribution in [2.24, 2.45) is 5.92 Å². The molecular weight excluding hydrogens is 452 g/mol. The van der Waals surface area contributed by atoms with E-state index < -0.39 is 6.03 Å². The van der Waals surface area contributed by atoms with Crippen molar-refractivity contribution >= 4 is 23.3 Å². The Hall–Kier alpha value is -3.50. The number of fused-ring (bicyclic) bond motifs is 2. The van der Waals surface area contributed by atoms with Gasteiger partial charge in [-0.1, -0.05) is 13.0 Å². The number of rotatable bonds is 6. The average molecular weight is 485 g/mol. The predicted molar refractivity (Wildman–Crippen MR) is 131 cm³/mol. The van der Waals surface area contributed by atoms with Crippen LogP contribution < -0.4 is 24.8 Å². The second kappa shape index (κ2) is 10.4. The molecule has 188 valence electrons. The van der Waals surface area contributed by atoms with Gasteiger partial charge in [-0.05, 0) is 45.3 Å². The summed E-state index contributed by atoms with van der Waals surface area (Å²) in [7, 11) is 3.91. The van der Waals surface area contributed by atoms with Gasteiger partial charge in [-0.25, -0.2) is 4.79 Å². The Kier molecular flexibility index (Phi) is 7.32. The van der Waals surface area contributed by atoms with Gasteiger partial charge in [0, 0.05) is 30.8 Å². The third-order valence-corrected chi connectivity index (χ3v) is 6.11. The number of hydrogen-bond donors (Lipinski definition) is 3. The highest BCUT2D eigenvalue weighted by molar-refractivity contribution is 6.04. The number of anilines is 2. The molecule has 2 aliphatic heterocycles. The third kappa shape index (κ3) is 5.44. The lowest BCUT2D eigenvalue weighted by atomic mass is 9.99. The summed E-state index contributed by atoms with van der Waals surface area (Å²) in [4.78, 5) is 30.0. The molecule has 2 heterocycles. The lowest BCUT2D eigenvalue weighted by Crippen LogP contribution is -2.49. The van der Waals surface area contributed by atoms with Gasteiger partial charge in [0.15, 0.2) is 17.2 Å². The van der Waals surface area contributed by atoms with Crippen molar-refractivity contribution in [1.29, 1.82) is 0 Å². The Morgan fingerprint density at radius 2 is 1.97 bits per heavy atom. The Morgan fingerprint density at radius 3 is 2.71 bits per heavy atom. The van der Waals surface area contributed by atoms with E-state index in [9.17, 15) is 14.7 Å². The summed E-state index contributed by atoms with van der Waals surface area (Å²) in [6, 6.07) is 9.34. The summed E-state index contributed by atoms with van der Waals surface area (Å²) in [5.74, 6) is 1.22. The van der Waals surface area contributed by atoms with Gasteiger partial charge in [0.05, 0.1) is 23.9 Å². The minimum Gasteiger partial charge on any atom is -0.486 e. The number of para-hydroxylation sites is 1. The van der Waals surface area contributed by atoms with Crippen LogP contribution in [-0.4, -0.2) is 79.6 Å². The first-order valence-corrected chi connectivity index (χ1v) is 11.6. The number of likely N-dealkylation sites (N-methyl/N-ethyl adjacent to an activating group) is 1. The molecule has 2 aliphatic rings. The smallest absolute Gasteiger partial charge is 0.323 e. The van der Waals surface area contributed by atoms with Gasteiger partial charge in [-0.3, -0.25) is 4.79 Å². The van der Waals surface area contributed by atoms with Crippen molar-refractivity contribution in [3.63, 3.8) is 0 Å². The predicted octanol–water partition coefficient (Wildman–Crippen LogP) is 2.84. The van der Waals surface area contributed by atoms with Crippen LogP contribution in [0.2, 0.25) is 0 Å². The van der Waals surface area contributed by atoms with Crippen LogP contribution in [0.15, 0.2) is 36.4 Å². The van der Waals surface area contributed by atoms with E-state index in [4.69, 9.17) is 14.2 Å². The van der Waals surface area contributed by atoms with Crippen LogP contribution in [0.4, 0.5) is 16.2 Å². The lowest BCUT2D eigenvalue weighted by molar-refractivity contribution is 0.0365. The van der Waals surface area contributed by atoms with E-state index in [1.54, 1.807) is 41.3 Å². The zero-order chi connectivity index (χ0) is 25.1. The van der Waals surface area contributed by atoms with E-state index in [2.05, 4.69) is 10.6 Å². The average Bonchev–Trinajstić information content (AvgIpc) is 3.29. The number of nitrogens with one attached hydrogen (secondary N) is 2. The summed E-state index contributed by atoms with van der Waals surface area (Å²) in [5, 5.41) is 15.4. The van der Waals surface area contributed by atoms with Crippen LogP contribution in [-0.2, 0) is 0 Å². The maximum Gasteiger partial charge on any atom is 0.323 e. The zero-order valence-corrected chi connectivity index (χ0v) is 20.4. The van der Waals surface area contributed by atoms with E-state index in [0.717, 1.165) is 0 Å². The minimum atomic E-state index is -0.492. The summed E-state index contributed by atoms with van der Waals surface area (Å²) >= 11 is 0. The number of hydrogen-bond acceptors (Lipinski definition) is 7. The third-order valence-electron chi connectivity index (χ3n) is 6.11. The molecule has 2 aromatic carbocycles. The van der Waals surface area contributed by atoms with E-state index in [1.165, 1.54) is 0 Å². The molecule has 0 aromatic heterocycles. The number of aliphatic hydroxyl groups is 1. The normalized spacial score (nSPS) is 19.9. The number of nitrogens with zero attached hydrogens (tertiary/aromatic N) is 2. The summed E-state index contributed by atoms with van der Waals surface area (Å²) in [5.41, 5.74) is 1.25. The van der Waals surface area contributed by atoms with E-state index in [-0.39, 0.29) is 37.4 Å². The molecule has 2 aromatic rings. The molecule has 0 bridgehead atoms. The first kappa shape index (κ1) is 24.6. The van der Waals surface area contributed by atoms with Crippen molar-refractivity contribution < 1.29 is 28.9 Å². The Bertz CT molecular complexity index is 1090. The van der Waals surface area contributed by atoms with Gasteiger partial charge in [0.1, 0.15) is 6.10 Å². The SMILES string of the molecule is C[C@H]1CN([C@@H](C)CO)C(=O)c2cccc(NC(=O)Nc3ccc4c(c3)OCO4)c2O[C@H]1CN(C)C. The first-order valence-electron chi connectivity index (χ1n) is 11.6. The molecule has 0 spiro atoms. The Labute approximate surface area is 204 Å². The van der Waals surface area contributed by atoms with Crippen molar-refractivity contribution in [3.8, 4) is 17.2 Å². The number of ether oxygens (including phenoxy) is 3. The number of benzene rings is 2. The fourth-order valence-corrected chi connectivity index (χ4v) is 4.18. The molecule has 10 heteroatoms. The topological polar surface area (TPSA) is 113 Å². The molecule has 0 saturated heterocycles. The highest BCUT2D eigenvalue weighted by Crippen LogP contribution is 2.36. The van der Waals surface area contributed by atoms with E-state index >= 15 is 0 Å². The van der Waals surface area contributed by atoms with Gasteiger partial charge in [0.25, 0.3) is 5.91 Å². The molecule has 0 radical (unpaired) electrons. The van der Waals surface area contributed by atoms with Crippen molar-refractivity contribution in [2.45, 2.75) is 26.0 Å². The fourth-order valence-electron chi connectivity index (χ4n) is 4.18. The second-order valence-electron chi connectivity index (χ2n) is 9.21. The molecule has 0 unspecified atom stereocenters. The van der Waals surface area contributed by atoms with Gasteiger partial charge in [-0.15, -0.1) is 0 Å². The van der Waals surface area contributed by atoms with E-state index in [1.807, 2.05) is 32.8 Å². The number of carbonyl (C=O) groups excluding carboxylic acids is 2. The molecule has 3 atom stereocenters. The van der Waals surface area contributed by atoms with Crippen molar-refractivity contribution in [2.75, 3.05) is 51.2 Å². The molecule has 0 saturated carbocycles. The standard InChI is InChI=1S/C25H32N4O6/c1-15-11-29(16(2)13-30)24(31)18-6-5-7-19(23(18)35-22(15)12-28(3)4)27-25(32)26-17-8-9-20-21(10-17)34-14-33-20/h5-10,15-16,22,30H,11-14H2,1-4H3,(H2,26,27,32)/t15-,16-,22-/m0/s1. The van der Waals surface area contributed by atoms with Gasteiger partial charge in [-0.2, -0.15) is 0 Å². The molecule has 35 heavy (non-hydrogen) atoms. The minimum absolute atomic E-state index is 0.0148. The number of aliphatic hydroxyl groups excluding tert-OH is 1. The maximum absolute atomic E-state index is 13.5.